The molecule has 0 N–H and O–H groups in total. The van der Waals surface area contributed by atoms with E-state index in [-0.39, 0.29) is 17.8 Å². The van der Waals surface area contributed by atoms with Gasteiger partial charge in [0.15, 0.2) is 0 Å². The normalized spacial score (nSPS) is 22.0. The molecule has 0 spiro atoms. The van der Waals surface area contributed by atoms with Gasteiger partial charge in [0.2, 0.25) is 0 Å². The maximum atomic E-state index is 14.3. The predicted octanol–water partition coefficient (Wildman–Crippen LogP) is 4.56. The van der Waals surface area contributed by atoms with Gasteiger partial charge in [0.1, 0.15) is 17.2 Å². The largest absolute Gasteiger partial charge is 0.333 e. The van der Waals surface area contributed by atoms with Gasteiger partial charge in [-0.2, -0.15) is 0 Å². The van der Waals surface area contributed by atoms with Crippen molar-refractivity contribution < 1.29 is 14.0 Å². The standard InChI is InChI=1S/C21H15FN2O2S/c22-16-10-4-3-9-15(16)20-24-18(12-27-20)19(25)23(21(24)26)17-11-5-7-13-6-1-2-8-14(13)17/h1-11,18,20H,12H2/t18-,20+/m1/s1. The molecule has 0 aromatic heterocycles. The fourth-order valence-corrected chi connectivity index (χ4v) is 5.27. The van der Waals surface area contributed by atoms with Crippen LogP contribution in [0.1, 0.15) is 10.9 Å². The topological polar surface area (TPSA) is 40.6 Å². The number of rotatable bonds is 2. The summed E-state index contributed by atoms with van der Waals surface area (Å²) in [6.45, 7) is 0. The first kappa shape index (κ1) is 16.3. The lowest BCUT2D eigenvalue weighted by Gasteiger charge is -2.23. The van der Waals surface area contributed by atoms with Crippen molar-refractivity contribution in [1.82, 2.24) is 4.90 Å². The average Bonchev–Trinajstić information content (AvgIpc) is 3.22. The Hall–Kier alpha value is -2.86. The number of hydrogen-bond acceptors (Lipinski definition) is 3. The highest BCUT2D eigenvalue weighted by molar-refractivity contribution is 7.99. The van der Waals surface area contributed by atoms with Crippen LogP contribution in [-0.2, 0) is 4.79 Å². The van der Waals surface area contributed by atoms with Gasteiger partial charge in [-0.15, -0.1) is 11.8 Å². The van der Waals surface area contributed by atoms with Crippen molar-refractivity contribution in [2.75, 3.05) is 10.7 Å². The minimum absolute atomic E-state index is 0.248. The number of nitrogens with zero attached hydrogens (tertiary/aromatic N) is 2. The van der Waals surface area contributed by atoms with Crippen LogP contribution < -0.4 is 4.90 Å². The highest BCUT2D eigenvalue weighted by Crippen LogP contribution is 2.47. The van der Waals surface area contributed by atoms with E-state index >= 15 is 0 Å². The Morgan fingerprint density at radius 1 is 0.926 bits per heavy atom. The van der Waals surface area contributed by atoms with Crippen LogP contribution in [0.5, 0.6) is 0 Å². The Bertz CT molecular complexity index is 1080. The number of fused-ring (bicyclic) bond motifs is 2. The quantitative estimate of drug-likeness (QED) is 0.614. The van der Waals surface area contributed by atoms with Crippen LogP contribution in [0.2, 0.25) is 0 Å². The molecule has 2 atom stereocenters. The van der Waals surface area contributed by atoms with E-state index in [2.05, 4.69) is 0 Å². The zero-order valence-corrected chi connectivity index (χ0v) is 15.0. The summed E-state index contributed by atoms with van der Waals surface area (Å²) in [6.07, 6.45) is 0. The number of hydrogen-bond donors (Lipinski definition) is 0. The second-order valence-electron chi connectivity index (χ2n) is 6.58. The zero-order valence-electron chi connectivity index (χ0n) is 14.2. The maximum Gasteiger partial charge on any atom is 0.333 e. The van der Waals surface area contributed by atoms with Crippen LogP contribution in [0.25, 0.3) is 10.8 Å². The van der Waals surface area contributed by atoms with E-state index in [0.29, 0.717) is 17.0 Å². The fourth-order valence-electron chi connectivity index (χ4n) is 3.83. The number of thioether (sulfide) groups is 1. The van der Waals surface area contributed by atoms with Gasteiger partial charge in [0.25, 0.3) is 5.91 Å². The van der Waals surface area contributed by atoms with Crippen molar-refractivity contribution in [3.8, 4) is 0 Å². The van der Waals surface area contributed by atoms with Gasteiger partial charge in [0.05, 0.1) is 5.69 Å². The smallest absolute Gasteiger partial charge is 0.295 e. The molecule has 3 aromatic rings. The summed E-state index contributed by atoms with van der Waals surface area (Å²) in [7, 11) is 0. The molecule has 3 aromatic carbocycles. The van der Waals surface area contributed by atoms with Gasteiger partial charge in [0, 0.05) is 16.7 Å². The third kappa shape index (κ3) is 2.36. The van der Waals surface area contributed by atoms with Crippen molar-refractivity contribution in [2.24, 2.45) is 0 Å². The van der Waals surface area contributed by atoms with Crippen LogP contribution in [0.3, 0.4) is 0 Å². The SMILES string of the molecule is O=C1[C@H]2CS[C@@H](c3ccccc3F)N2C(=O)N1c1cccc2ccccc12. The molecule has 0 unspecified atom stereocenters. The Balaban J connectivity index is 1.59. The molecule has 4 nitrogen and oxygen atoms in total. The van der Waals surface area contributed by atoms with Crippen molar-refractivity contribution in [1.29, 1.82) is 0 Å². The molecule has 134 valence electrons. The van der Waals surface area contributed by atoms with Crippen LogP contribution in [0, 0.1) is 5.82 Å². The maximum absolute atomic E-state index is 14.3. The molecule has 2 fully saturated rings. The van der Waals surface area contributed by atoms with Crippen molar-refractivity contribution >= 4 is 40.2 Å². The molecule has 0 bridgehead atoms. The minimum Gasteiger partial charge on any atom is -0.295 e. The lowest BCUT2D eigenvalue weighted by molar-refractivity contribution is -0.119. The van der Waals surface area contributed by atoms with E-state index in [0.717, 1.165) is 10.8 Å². The van der Waals surface area contributed by atoms with Gasteiger partial charge in [-0.3, -0.25) is 9.69 Å². The van der Waals surface area contributed by atoms with Crippen molar-refractivity contribution in [3.63, 3.8) is 0 Å². The van der Waals surface area contributed by atoms with Crippen molar-refractivity contribution in [2.45, 2.75) is 11.4 Å². The van der Waals surface area contributed by atoms with Crippen LogP contribution in [0.4, 0.5) is 14.9 Å². The third-order valence-corrected chi connectivity index (χ3v) is 6.40. The fraction of sp³-hybridized carbons (Fsp3) is 0.143. The van der Waals surface area contributed by atoms with E-state index < -0.39 is 11.4 Å². The molecule has 2 aliphatic rings. The first-order valence-electron chi connectivity index (χ1n) is 8.67. The molecule has 2 heterocycles. The zero-order chi connectivity index (χ0) is 18.5. The molecular weight excluding hydrogens is 363 g/mol. The number of halogens is 1. The van der Waals surface area contributed by atoms with Crippen LogP contribution in [0.15, 0.2) is 66.7 Å². The minimum atomic E-state index is -0.564. The Labute approximate surface area is 159 Å². The highest BCUT2D eigenvalue weighted by Gasteiger charge is 2.53. The number of carbonyl (C=O) groups is 2. The molecule has 5 rings (SSSR count). The summed E-state index contributed by atoms with van der Waals surface area (Å²) in [6, 6.07) is 18.7. The van der Waals surface area contributed by atoms with E-state index in [1.807, 2.05) is 36.4 Å². The van der Waals surface area contributed by atoms with E-state index in [1.165, 1.54) is 27.6 Å². The van der Waals surface area contributed by atoms with E-state index in [9.17, 15) is 14.0 Å². The van der Waals surface area contributed by atoms with Gasteiger partial charge >= 0.3 is 6.03 Å². The summed E-state index contributed by atoms with van der Waals surface area (Å²) in [5.41, 5.74) is 1.01. The highest BCUT2D eigenvalue weighted by atomic mass is 32.2. The Morgan fingerprint density at radius 3 is 2.52 bits per heavy atom. The van der Waals surface area contributed by atoms with Crippen LogP contribution in [-0.4, -0.2) is 28.6 Å². The molecule has 27 heavy (non-hydrogen) atoms. The molecule has 2 saturated heterocycles. The predicted molar refractivity (Wildman–Crippen MR) is 104 cm³/mol. The van der Waals surface area contributed by atoms with Gasteiger partial charge in [-0.05, 0) is 17.5 Å². The number of amides is 3. The summed E-state index contributed by atoms with van der Waals surface area (Å²) in [5, 5.41) is 1.31. The monoisotopic (exact) mass is 378 g/mol. The lowest BCUT2D eigenvalue weighted by Crippen LogP contribution is -2.34. The Kier molecular flexibility index (Phi) is 3.68. The van der Waals surface area contributed by atoms with Gasteiger partial charge in [-0.25, -0.2) is 14.1 Å². The summed E-state index contributed by atoms with van der Waals surface area (Å²) in [5.74, 6) is -0.146. The summed E-state index contributed by atoms with van der Waals surface area (Å²) >= 11 is 1.43. The average molecular weight is 378 g/mol. The molecule has 0 radical (unpaired) electrons. The van der Waals surface area contributed by atoms with Gasteiger partial charge < -0.3 is 0 Å². The number of benzene rings is 3. The molecule has 2 aliphatic heterocycles. The number of urea groups is 1. The first-order chi connectivity index (χ1) is 13.2. The van der Waals surface area contributed by atoms with Gasteiger partial charge in [-0.1, -0.05) is 54.6 Å². The lowest BCUT2D eigenvalue weighted by atomic mass is 10.1. The molecule has 0 aliphatic carbocycles. The second kappa shape index (κ2) is 6.09. The molecule has 6 heteroatoms. The van der Waals surface area contributed by atoms with E-state index in [4.69, 9.17) is 0 Å². The number of anilines is 1. The van der Waals surface area contributed by atoms with Crippen LogP contribution >= 0.6 is 11.8 Å². The molecule has 3 amide bonds. The second-order valence-corrected chi connectivity index (χ2v) is 7.70. The first-order valence-corrected chi connectivity index (χ1v) is 9.72. The third-order valence-electron chi connectivity index (χ3n) is 5.10. The number of carbonyl (C=O) groups excluding carboxylic acids is 2. The summed E-state index contributed by atoms with van der Waals surface area (Å²) < 4.78 is 14.3. The summed E-state index contributed by atoms with van der Waals surface area (Å²) in [4.78, 5) is 29.1. The van der Waals surface area contributed by atoms with E-state index in [1.54, 1.807) is 24.3 Å². The molecule has 0 saturated carbocycles. The molecular formula is C21H15FN2O2S. The number of imide groups is 1. The Morgan fingerprint density at radius 2 is 1.67 bits per heavy atom. The van der Waals surface area contributed by atoms with Crippen molar-refractivity contribution in [3.05, 3.63) is 78.1 Å².